The summed E-state index contributed by atoms with van der Waals surface area (Å²) >= 11 is 17.6. The van der Waals surface area contributed by atoms with Crippen LogP contribution in [0.25, 0.3) is 22.1 Å². The van der Waals surface area contributed by atoms with E-state index in [0.717, 1.165) is 28.6 Å². The van der Waals surface area contributed by atoms with Crippen LogP contribution in [0.5, 0.6) is 0 Å². The van der Waals surface area contributed by atoms with E-state index in [4.69, 9.17) is 34.8 Å². The smallest absolute Gasteiger partial charge is 0.172 e. The van der Waals surface area contributed by atoms with E-state index >= 15 is 0 Å². The fourth-order valence-corrected chi connectivity index (χ4v) is 3.70. The second kappa shape index (κ2) is 12.1. The van der Waals surface area contributed by atoms with Gasteiger partial charge in [-0.2, -0.15) is 0 Å². The number of rotatable bonds is 7. The molecule has 2 aromatic carbocycles. The number of unbranched alkanes of at least 4 members (excludes halogenated alkanes) is 1. The monoisotopic (exact) mass is 489 g/mol. The van der Waals surface area contributed by atoms with Gasteiger partial charge in [-0.15, -0.1) is 0 Å². The summed E-state index contributed by atoms with van der Waals surface area (Å²) in [6.07, 6.45) is 4.94. The third kappa shape index (κ3) is 6.64. The second-order valence-electron chi connectivity index (χ2n) is 7.44. The van der Waals surface area contributed by atoms with Crippen molar-refractivity contribution in [3.63, 3.8) is 0 Å². The molecule has 1 atom stereocenters. The summed E-state index contributed by atoms with van der Waals surface area (Å²) in [5, 5.41) is 4.30. The number of aromatic nitrogens is 4. The van der Waals surface area contributed by atoms with Crippen LogP contribution in [0, 0.1) is 5.92 Å². The predicted octanol–water partition coefficient (Wildman–Crippen LogP) is 7.85. The van der Waals surface area contributed by atoms with Crippen LogP contribution in [0.3, 0.4) is 0 Å². The van der Waals surface area contributed by atoms with E-state index < -0.39 is 0 Å². The number of benzene rings is 2. The highest BCUT2D eigenvalue weighted by molar-refractivity contribution is 6.40. The van der Waals surface area contributed by atoms with Gasteiger partial charge in [-0.1, -0.05) is 92.2 Å². The summed E-state index contributed by atoms with van der Waals surface area (Å²) in [6.45, 7) is 5.37. The Hall–Kier alpha value is -2.21. The van der Waals surface area contributed by atoms with Crippen molar-refractivity contribution in [2.24, 2.45) is 5.92 Å². The lowest BCUT2D eigenvalue weighted by Crippen LogP contribution is -2.15. The van der Waals surface area contributed by atoms with Crippen LogP contribution in [0.4, 0.5) is 5.82 Å². The van der Waals surface area contributed by atoms with E-state index in [0.29, 0.717) is 16.9 Å². The van der Waals surface area contributed by atoms with Gasteiger partial charge < -0.3 is 5.32 Å². The van der Waals surface area contributed by atoms with Crippen LogP contribution in [0.15, 0.2) is 48.5 Å². The molecule has 0 saturated heterocycles. The molecule has 0 aliphatic rings. The number of nitrogens with zero attached hydrogens (tertiary/aromatic N) is 4. The van der Waals surface area contributed by atoms with Crippen molar-refractivity contribution in [2.45, 2.75) is 39.5 Å². The van der Waals surface area contributed by atoms with Crippen LogP contribution >= 0.6 is 34.8 Å². The Morgan fingerprint density at radius 2 is 1.19 bits per heavy atom. The first-order valence-corrected chi connectivity index (χ1v) is 11.9. The normalized spacial score (nSPS) is 11.8. The summed E-state index contributed by atoms with van der Waals surface area (Å²) in [5.41, 5.74) is 3.22. The Balaban J connectivity index is 0.000000204. The van der Waals surface area contributed by atoms with E-state index in [1.165, 1.54) is 25.7 Å². The van der Waals surface area contributed by atoms with Crippen molar-refractivity contribution in [2.75, 3.05) is 11.9 Å². The fraction of sp³-hybridized carbons (Fsp3) is 0.333. The Morgan fingerprint density at radius 3 is 1.66 bits per heavy atom. The molecule has 4 rings (SSSR count). The Labute approximate surface area is 203 Å². The molecule has 2 aromatic heterocycles. The summed E-state index contributed by atoms with van der Waals surface area (Å²) in [7, 11) is 0. The number of hydrogen-bond acceptors (Lipinski definition) is 5. The first-order valence-electron chi connectivity index (χ1n) is 10.8. The van der Waals surface area contributed by atoms with Gasteiger partial charge in [0.1, 0.15) is 0 Å². The van der Waals surface area contributed by atoms with E-state index in [9.17, 15) is 0 Å². The second-order valence-corrected chi connectivity index (χ2v) is 8.52. The maximum Gasteiger partial charge on any atom is 0.172 e. The van der Waals surface area contributed by atoms with Gasteiger partial charge in [-0.05, 0) is 36.6 Å². The van der Waals surface area contributed by atoms with Crippen molar-refractivity contribution in [3.05, 3.63) is 64.0 Å². The molecule has 5 nitrogen and oxygen atoms in total. The highest BCUT2D eigenvalue weighted by Gasteiger charge is 2.10. The van der Waals surface area contributed by atoms with Crippen LogP contribution in [0.2, 0.25) is 15.5 Å². The van der Waals surface area contributed by atoms with Gasteiger partial charge in [0.15, 0.2) is 21.3 Å². The minimum absolute atomic E-state index is 0.246. The van der Waals surface area contributed by atoms with Crippen molar-refractivity contribution in [1.29, 1.82) is 0 Å². The molecule has 2 heterocycles. The number of fused-ring (bicyclic) bond motifs is 2. The van der Waals surface area contributed by atoms with Crippen LogP contribution < -0.4 is 5.32 Å². The maximum atomic E-state index is 6.20. The van der Waals surface area contributed by atoms with E-state index in [2.05, 4.69) is 39.1 Å². The third-order valence-corrected chi connectivity index (χ3v) is 6.01. The number of para-hydroxylation sites is 4. The standard InChI is InChI=1S/C16H22ClN3.C8H4Cl2N2/c1-3-5-8-12(4-2)11-18-16-15(17)19-13-9-6-7-10-14(13)20-16;9-7-8(10)12-6-4-2-1-3-5(6)11-7/h6-7,9-10,12H,3-5,8,11H2,1-2H3,(H,18,20);1-4H. The highest BCUT2D eigenvalue weighted by atomic mass is 35.5. The summed E-state index contributed by atoms with van der Waals surface area (Å²) in [4.78, 5) is 17.0. The molecule has 0 aliphatic heterocycles. The maximum absolute atomic E-state index is 6.20. The van der Waals surface area contributed by atoms with Crippen LogP contribution in [-0.4, -0.2) is 26.5 Å². The van der Waals surface area contributed by atoms with Gasteiger partial charge in [0.25, 0.3) is 0 Å². The minimum atomic E-state index is 0.246. The van der Waals surface area contributed by atoms with Crippen molar-refractivity contribution in [3.8, 4) is 0 Å². The topological polar surface area (TPSA) is 63.6 Å². The van der Waals surface area contributed by atoms with Crippen molar-refractivity contribution < 1.29 is 0 Å². The largest absolute Gasteiger partial charge is 0.367 e. The number of anilines is 1. The van der Waals surface area contributed by atoms with E-state index in [1.54, 1.807) is 0 Å². The van der Waals surface area contributed by atoms with Gasteiger partial charge in [0, 0.05) is 6.54 Å². The van der Waals surface area contributed by atoms with Gasteiger partial charge >= 0.3 is 0 Å². The number of nitrogens with one attached hydrogen (secondary N) is 1. The quantitative estimate of drug-likeness (QED) is 0.286. The van der Waals surface area contributed by atoms with Gasteiger partial charge in [0.2, 0.25) is 0 Å². The molecule has 0 fully saturated rings. The molecule has 0 bridgehead atoms. The molecule has 4 aromatic rings. The highest BCUT2D eigenvalue weighted by Crippen LogP contribution is 2.22. The lowest BCUT2D eigenvalue weighted by molar-refractivity contribution is 0.472. The average Bonchev–Trinajstić information content (AvgIpc) is 2.80. The van der Waals surface area contributed by atoms with Crippen LogP contribution in [0.1, 0.15) is 39.5 Å². The molecule has 1 unspecified atom stereocenters. The zero-order chi connectivity index (χ0) is 22.9. The molecule has 0 spiro atoms. The molecule has 0 saturated carbocycles. The van der Waals surface area contributed by atoms with Gasteiger partial charge in [0.05, 0.1) is 22.1 Å². The Bertz CT molecular complexity index is 1130. The summed E-state index contributed by atoms with van der Waals surface area (Å²) in [6, 6.07) is 15.2. The summed E-state index contributed by atoms with van der Waals surface area (Å²) < 4.78 is 0. The van der Waals surface area contributed by atoms with Gasteiger partial charge in [-0.3, -0.25) is 0 Å². The third-order valence-electron chi connectivity index (χ3n) is 5.12. The molecule has 168 valence electrons. The van der Waals surface area contributed by atoms with Gasteiger partial charge in [-0.25, -0.2) is 19.9 Å². The minimum Gasteiger partial charge on any atom is -0.367 e. The average molecular weight is 491 g/mol. The molecule has 32 heavy (non-hydrogen) atoms. The first-order chi connectivity index (χ1) is 15.5. The first kappa shape index (κ1) is 24.4. The number of hydrogen-bond donors (Lipinski definition) is 1. The van der Waals surface area contributed by atoms with Crippen molar-refractivity contribution in [1.82, 2.24) is 19.9 Å². The molecular formula is C24H26Cl3N5. The fourth-order valence-electron chi connectivity index (χ4n) is 3.23. The van der Waals surface area contributed by atoms with Crippen LogP contribution in [-0.2, 0) is 0 Å². The zero-order valence-corrected chi connectivity index (χ0v) is 20.4. The molecule has 0 radical (unpaired) electrons. The molecule has 0 aliphatic carbocycles. The van der Waals surface area contributed by atoms with Crippen molar-refractivity contribution >= 4 is 62.7 Å². The lowest BCUT2D eigenvalue weighted by atomic mass is 9.99. The van der Waals surface area contributed by atoms with E-state index in [1.807, 2.05) is 48.5 Å². The number of halogens is 3. The predicted molar refractivity (Wildman–Crippen MR) is 136 cm³/mol. The molecular weight excluding hydrogens is 465 g/mol. The Morgan fingerprint density at radius 1 is 0.719 bits per heavy atom. The molecule has 1 N–H and O–H groups in total. The molecule has 0 amide bonds. The Kier molecular flexibility index (Phi) is 9.27. The summed E-state index contributed by atoms with van der Waals surface area (Å²) in [5.74, 6) is 1.36. The lowest BCUT2D eigenvalue weighted by Gasteiger charge is -2.16. The molecule has 8 heteroatoms. The SMILES string of the molecule is CCCCC(CC)CNc1nc2ccccc2nc1Cl.Clc1nc2ccccc2nc1Cl. The van der Waals surface area contributed by atoms with E-state index in [-0.39, 0.29) is 10.3 Å². The zero-order valence-electron chi connectivity index (χ0n) is 18.2.